The Bertz CT molecular complexity index is 412. The van der Waals surface area contributed by atoms with E-state index in [0.717, 1.165) is 5.56 Å². The molecule has 0 aliphatic rings. The van der Waals surface area contributed by atoms with Gasteiger partial charge in [-0.25, -0.2) is 0 Å². The SMILES string of the molecule is COC(CN)C(=O)NCCc1ccc(Cl)cc1Cl.Cl. The first-order chi connectivity index (χ1) is 8.58. The molecule has 1 aromatic carbocycles. The van der Waals surface area contributed by atoms with Gasteiger partial charge < -0.3 is 15.8 Å². The number of rotatable bonds is 6. The first-order valence-corrected chi connectivity index (χ1v) is 6.28. The second-order valence-electron chi connectivity index (χ2n) is 3.74. The number of ether oxygens (including phenoxy) is 1. The number of hydrogen-bond donors (Lipinski definition) is 2. The van der Waals surface area contributed by atoms with Crippen LogP contribution in [-0.4, -0.2) is 32.2 Å². The Morgan fingerprint density at radius 3 is 2.68 bits per heavy atom. The highest BCUT2D eigenvalue weighted by Crippen LogP contribution is 2.20. The number of hydrogen-bond acceptors (Lipinski definition) is 3. The molecule has 19 heavy (non-hydrogen) atoms. The molecule has 1 amide bonds. The zero-order valence-corrected chi connectivity index (χ0v) is 12.8. The van der Waals surface area contributed by atoms with Crippen molar-refractivity contribution in [3.63, 3.8) is 0 Å². The highest BCUT2D eigenvalue weighted by molar-refractivity contribution is 6.35. The van der Waals surface area contributed by atoms with Crippen molar-refractivity contribution < 1.29 is 9.53 Å². The predicted molar refractivity (Wildman–Crippen MR) is 80.3 cm³/mol. The Labute approximate surface area is 129 Å². The molecular weight excluding hydrogens is 311 g/mol. The van der Waals surface area contributed by atoms with Crippen molar-refractivity contribution in [3.05, 3.63) is 33.8 Å². The third-order valence-corrected chi connectivity index (χ3v) is 3.09. The number of carbonyl (C=O) groups excluding carboxylic acids is 1. The van der Waals surface area contributed by atoms with Gasteiger partial charge in [0, 0.05) is 30.2 Å². The molecule has 0 bridgehead atoms. The molecular formula is C12H17Cl3N2O2. The van der Waals surface area contributed by atoms with E-state index >= 15 is 0 Å². The molecule has 0 heterocycles. The average Bonchev–Trinajstić information content (AvgIpc) is 2.33. The van der Waals surface area contributed by atoms with Crippen LogP contribution in [0.15, 0.2) is 18.2 Å². The average molecular weight is 328 g/mol. The highest BCUT2D eigenvalue weighted by Gasteiger charge is 2.14. The van der Waals surface area contributed by atoms with Crippen LogP contribution in [0.5, 0.6) is 0 Å². The van der Waals surface area contributed by atoms with Gasteiger partial charge in [-0.15, -0.1) is 12.4 Å². The standard InChI is InChI=1S/C12H16Cl2N2O2.ClH/c1-18-11(7-15)12(17)16-5-4-8-2-3-9(13)6-10(8)14;/h2-3,6,11H,4-5,7,15H2,1H3,(H,16,17);1H. The van der Waals surface area contributed by atoms with Gasteiger partial charge in [-0.3, -0.25) is 4.79 Å². The van der Waals surface area contributed by atoms with Gasteiger partial charge in [-0.1, -0.05) is 29.3 Å². The molecule has 0 aliphatic heterocycles. The molecule has 0 saturated heterocycles. The lowest BCUT2D eigenvalue weighted by atomic mass is 10.1. The van der Waals surface area contributed by atoms with E-state index in [-0.39, 0.29) is 24.9 Å². The van der Waals surface area contributed by atoms with E-state index in [4.69, 9.17) is 33.7 Å². The maximum Gasteiger partial charge on any atom is 0.250 e. The molecule has 3 N–H and O–H groups in total. The number of carbonyl (C=O) groups is 1. The van der Waals surface area contributed by atoms with Gasteiger partial charge in [0.15, 0.2) is 0 Å². The van der Waals surface area contributed by atoms with Crippen LogP contribution in [0.1, 0.15) is 5.56 Å². The fraction of sp³-hybridized carbons (Fsp3) is 0.417. The van der Waals surface area contributed by atoms with Gasteiger partial charge in [0.1, 0.15) is 6.10 Å². The van der Waals surface area contributed by atoms with Crippen LogP contribution in [0.2, 0.25) is 10.0 Å². The van der Waals surface area contributed by atoms with E-state index in [1.54, 1.807) is 12.1 Å². The Balaban J connectivity index is 0.00000324. The van der Waals surface area contributed by atoms with E-state index in [1.807, 2.05) is 6.07 Å². The molecule has 4 nitrogen and oxygen atoms in total. The van der Waals surface area contributed by atoms with Crippen LogP contribution in [-0.2, 0) is 16.0 Å². The largest absolute Gasteiger partial charge is 0.370 e. The number of methoxy groups -OCH3 is 1. The minimum Gasteiger partial charge on any atom is -0.370 e. The van der Waals surface area contributed by atoms with Crippen molar-refractivity contribution in [2.75, 3.05) is 20.2 Å². The van der Waals surface area contributed by atoms with E-state index < -0.39 is 6.10 Å². The first-order valence-electron chi connectivity index (χ1n) is 5.53. The molecule has 0 saturated carbocycles. The summed E-state index contributed by atoms with van der Waals surface area (Å²) < 4.78 is 4.92. The molecule has 1 unspecified atom stereocenters. The lowest BCUT2D eigenvalue weighted by Crippen LogP contribution is -2.41. The number of halogens is 3. The molecule has 0 fully saturated rings. The third kappa shape index (κ3) is 5.97. The van der Waals surface area contributed by atoms with Crippen LogP contribution >= 0.6 is 35.6 Å². The van der Waals surface area contributed by atoms with E-state index in [9.17, 15) is 4.79 Å². The maximum atomic E-state index is 11.6. The molecule has 0 radical (unpaired) electrons. The fourth-order valence-electron chi connectivity index (χ4n) is 1.47. The van der Waals surface area contributed by atoms with E-state index in [0.29, 0.717) is 23.0 Å². The lowest BCUT2D eigenvalue weighted by Gasteiger charge is -2.13. The minimum absolute atomic E-state index is 0. The monoisotopic (exact) mass is 326 g/mol. The van der Waals surface area contributed by atoms with Gasteiger partial charge in [-0.2, -0.15) is 0 Å². The Hall–Kier alpha value is -0.520. The smallest absolute Gasteiger partial charge is 0.250 e. The van der Waals surface area contributed by atoms with Crippen LogP contribution in [0, 0.1) is 0 Å². The second-order valence-corrected chi connectivity index (χ2v) is 4.58. The van der Waals surface area contributed by atoms with Gasteiger partial charge >= 0.3 is 0 Å². The van der Waals surface area contributed by atoms with Crippen molar-refractivity contribution in [1.29, 1.82) is 0 Å². The molecule has 7 heteroatoms. The molecule has 0 spiro atoms. The van der Waals surface area contributed by atoms with E-state index in [1.165, 1.54) is 7.11 Å². The third-order valence-electron chi connectivity index (χ3n) is 2.50. The highest BCUT2D eigenvalue weighted by atomic mass is 35.5. The van der Waals surface area contributed by atoms with Crippen molar-refractivity contribution in [2.45, 2.75) is 12.5 Å². The summed E-state index contributed by atoms with van der Waals surface area (Å²) in [6.07, 6.45) is 0.0219. The topological polar surface area (TPSA) is 64.3 Å². The summed E-state index contributed by atoms with van der Waals surface area (Å²) in [7, 11) is 1.45. The number of nitrogens with two attached hydrogens (primary N) is 1. The van der Waals surface area contributed by atoms with Crippen molar-refractivity contribution in [2.24, 2.45) is 5.73 Å². The van der Waals surface area contributed by atoms with Gasteiger partial charge in [0.2, 0.25) is 5.91 Å². The second kappa shape index (κ2) is 9.39. The normalized spacial score (nSPS) is 11.6. The molecule has 108 valence electrons. The van der Waals surface area contributed by atoms with Crippen LogP contribution in [0.4, 0.5) is 0 Å². The van der Waals surface area contributed by atoms with Gasteiger partial charge in [0.05, 0.1) is 0 Å². The fourth-order valence-corrected chi connectivity index (χ4v) is 1.97. The number of amides is 1. The van der Waals surface area contributed by atoms with Crippen LogP contribution in [0.3, 0.4) is 0 Å². The summed E-state index contributed by atoms with van der Waals surface area (Å²) in [5, 5.41) is 3.93. The quantitative estimate of drug-likeness (QED) is 0.840. The molecule has 0 aliphatic carbocycles. The molecule has 1 aromatic rings. The Morgan fingerprint density at radius 1 is 1.47 bits per heavy atom. The van der Waals surface area contributed by atoms with Crippen molar-refractivity contribution in [3.8, 4) is 0 Å². The van der Waals surface area contributed by atoms with Crippen LogP contribution in [0.25, 0.3) is 0 Å². The summed E-state index contributed by atoms with van der Waals surface area (Å²) in [6, 6.07) is 5.29. The van der Waals surface area contributed by atoms with Crippen molar-refractivity contribution >= 4 is 41.5 Å². The van der Waals surface area contributed by atoms with Gasteiger partial charge in [-0.05, 0) is 24.1 Å². The molecule has 1 atom stereocenters. The Kier molecular flexibility index (Phi) is 9.14. The summed E-state index contributed by atoms with van der Waals surface area (Å²) in [4.78, 5) is 11.6. The number of nitrogens with one attached hydrogen (secondary N) is 1. The predicted octanol–water partition coefficient (Wildman–Crippen LogP) is 2.05. The first kappa shape index (κ1) is 18.5. The van der Waals surface area contributed by atoms with E-state index in [2.05, 4.69) is 5.32 Å². The zero-order chi connectivity index (χ0) is 13.5. The Morgan fingerprint density at radius 2 is 2.16 bits per heavy atom. The zero-order valence-electron chi connectivity index (χ0n) is 10.5. The maximum absolute atomic E-state index is 11.6. The number of benzene rings is 1. The van der Waals surface area contributed by atoms with Gasteiger partial charge in [0.25, 0.3) is 0 Å². The van der Waals surface area contributed by atoms with Crippen LogP contribution < -0.4 is 11.1 Å². The lowest BCUT2D eigenvalue weighted by molar-refractivity contribution is -0.130. The summed E-state index contributed by atoms with van der Waals surface area (Å²) in [6.45, 7) is 0.629. The summed E-state index contributed by atoms with van der Waals surface area (Å²) >= 11 is 11.8. The summed E-state index contributed by atoms with van der Waals surface area (Å²) in [5.41, 5.74) is 6.32. The molecule has 0 aromatic heterocycles. The minimum atomic E-state index is -0.606. The summed E-state index contributed by atoms with van der Waals surface area (Å²) in [5.74, 6) is -0.218. The van der Waals surface area contributed by atoms with Crippen molar-refractivity contribution in [1.82, 2.24) is 5.32 Å². The molecule has 1 rings (SSSR count).